The van der Waals surface area contributed by atoms with Gasteiger partial charge < -0.3 is 4.57 Å². The lowest BCUT2D eigenvalue weighted by molar-refractivity contribution is 0.626. The van der Waals surface area contributed by atoms with E-state index in [1.807, 2.05) is 22.8 Å². The molecule has 3 heterocycles. The van der Waals surface area contributed by atoms with E-state index in [1.165, 1.54) is 11.3 Å². The van der Waals surface area contributed by atoms with Crippen molar-refractivity contribution in [1.82, 2.24) is 19.3 Å². The Morgan fingerprint density at radius 3 is 2.80 bits per heavy atom. The number of hydrogen-bond donors (Lipinski definition) is 0. The molecule has 0 radical (unpaired) electrons. The van der Waals surface area contributed by atoms with Gasteiger partial charge in [0.15, 0.2) is 5.82 Å². The summed E-state index contributed by atoms with van der Waals surface area (Å²) in [4.78, 5) is 13.1. The van der Waals surface area contributed by atoms with Crippen LogP contribution in [0.1, 0.15) is 36.5 Å². The monoisotopic (exact) mass is 437 g/mol. The summed E-state index contributed by atoms with van der Waals surface area (Å²) in [5.41, 5.74) is 1.08. The minimum atomic E-state index is -0.159. The van der Waals surface area contributed by atoms with Crippen molar-refractivity contribution in [2.24, 2.45) is 0 Å². The first-order valence-electron chi connectivity index (χ1n) is 9.77. The second kappa shape index (κ2) is 8.82. The van der Waals surface area contributed by atoms with E-state index in [0.29, 0.717) is 32.2 Å². The molecule has 0 N–H and O–H groups in total. The third kappa shape index (κ3) is 3.89. The number of nitriles is 1. The number of rotatable bonds is 4. The van der Waals surface area contributed by atoms with E-state index < -0.39 is 0 Å². The molecule has 0 atom stereocenters. The van der Waals surface area contributed by atoms with Crippen LogP contribution in [0.2, 0.25) is 5.02 Å². The molecule has 0 amide bonds. The number of thiazole rings is 1. The quantitative estimate of drug-likeness (QED) is 0.588. The molecule has 0 fully saturated rings. The first-order chi connectivity index (χ1) is 14.6. The van der Waals surface area contributed by atoms with Crippen molar-refractivity contribution in [2.45, 2.75) is 38.8 Å². The van der Waals surface area contributed by atoms with Crippen LogP contribution >= 0.6 is 22.9 Å². The van der Waals surface area contributed by atoms with Crippen LogP contribution in [0.3, 0.4) is 0 Å². The van der Waals surface area contributed by atoms with Gasteiger partial charge in [0.1, 0.15) is 22.1 Å². The summed E-state index contributed by atoms with van der Waals surface area (Å²) in [5.74, 6) is 1.43. The van der Waals surface area contributed by atoms with Crippen molar-refractivity contribution in [1.29, 1.82) is 5.26 Å². The lowest BCUT2D eigenvalue weighted by atomic mass is 10.2. The van der Waals surface area contributed by atoms with Gasteiger partial charge in [0.25, 0.3) is 5.56 Å². The average Bonchev–Trinajstić information content (AvgIpc) is 3.17. The highest BCUT2D eigenvalue weighted by molar-refractivity contribution is 7.07. The van der Waals surface area contributed by atoms with E-state index in [1.54, 1.807) is 22.8 Å². The average molecular weight is 438 g/mol. The fraction of sp³-hybridized carbons (Fsp3) is 0.273. The van der Waals surface area contributed by atoms with Gasteiger partial charge in [0.05, 0.1) is 4.53 Å². The topological polar surface area (TPSA) is 76.5 Å². The van der Waals surface area contributed by atoms with Crippen molar-refractivity contribution in [2.75, 3.05) is 0 Å². The molecule has 0 bridgehead atoms. The van der Waals surface area contributed by atoms with Gasteiger partial charge in [-0.3, -0.25) is 9.36 Å². The molecular weight excluding hydrogens is 418 g/mol. The number of nitrogens with zero attached hydrogens (tertiary/aromatic N) is 5. The zero-order chi connectivity index (χ0) is 21.1. The molecule has 1 aliphatic heterocycles. The molecule has 2 aromatic heterocycles. The summed E-state index contributed by atoms with van der Waals surface area (Å²) >= 11 is 7.25. The van der Waals surface area contributed by atoms with Crippen LogP contribution in [-0.2, 0) is 19.5 Å². The molecule has 8 heteroatoms. The normalized spacial score (nSPS) is 15.3. The van der Waals surface area contributed by atoms with Crippen molar-refractivity contribution < 1.29 is 0 Å². The number of allylic oxidation sites excluding steroid dienone is 1. The maximum atomic E-state index is 13.1. The Kier molecular flexibility index (Phi) is 5.98. The van der Waals surface area contributed by atoms with E-state index in [-0.39, 0.29) is 5.56 Å². The number of benzene rings is 1. The van der Waals surface area contributed by atoms with Gasteiger partial charge >= 0.3 is 0 Å². The highest BCUT2D eigenvalue weighted by Crippen LogP contribution is 2.18. The van der Waals surface area contributed by atoms with Crippen LogP contribution < -0.4 is 14.8 Å². The molecule has 1 aliphatic rings. The second-order valence-electron chi connectivity index (χ2n) is 7.06. The Labute approximate surface area is 182 Å². The minimum absolute atomic E-state index is 0.159. The highest BCUT2D eigenvalue weighted by Gasteiger charge is 2.20. The molecule has 0 saturated carbocycles. The summed E-state index contributed by atoms with van der Waals surface area (Å²) in [7, 11) is 0. The Morgan fingerprint density at radius 2 is 2.07 bits per heavy atom. The van der Waals surface area contributed by atoms with Gasteiger partial charge in [-0.05, 0) is 36.6 Å². The third-order valence-electron chi connectivity index (χ3n) is 5.05. The highest BCUT2D eigenvalue weighted by atomic mass is 35.5. The van der Waals surface area contributed by atoms with Gasteiger partial charge in [-0.2, -0.15) is 5.26 Å². The van der Waals surface area contributed by atoms with Gasteiger partial charge in [-0.1, -0.05) is 36.2 Å². The molecule has 4 rings (SSSR count). The maximum absolute atomic E-state index is 13.1. The Balaban J connectivity index is 1.97. The van der Waals surface area contributed by atoms with Crippen LogP contribution in [-0.4, -0.2) is 19.3 Å². The van der Waals surface area contributed by atoms with E-state index in [2.05, 4.69) is 22.8 Å². The minimum Gasteiger partial charge on any atom is -0.310 e. The molecule has 0 unspecified atom stereocenters. The van der Waals surface area contributed by atoms with Crippen LogP contribution in [0.15, 0.2) is 41.7 Å². The molecule has 30 heavy (non-hydrogen) atoms. The predicted molar refractivity (Wildman–Crippen MR) is 119 cm³/mol. The standard InChI is InChI=1S/C22H20ClN5OS/c1-2-11-28-21(29)18(13-15-7-9-16(23)10-8-15)30-22(28)17(14-24)20-26-25-19-6-4-3-5-12-27(19)20/h2,7-10,13H,1,3-6,11-12H2/b18-13?,22-17+. The molecular formula is C22H20ClN5OS. The first-order valence-corrected chi connectivity index (χ1v) is 11.0. The van der Waals surface area contributed by atoms with Crippen molar-refractivity contribution in [3.63, 3.8) is 0 Å². The number of aryl methyl sites for hydroxylation is 1. The van der Waals surface area contributed by atoms with Gasteiger partial charge in [0, 0.05) is 24.5 Å². The lowest BCUT2D eigenvalue weighted by Gasteiger charge is -2.06. The Hall–Kier alpha value is -2.95. The zero-order valence-electron chi connectivity index (χ0n) is 16.3. The maximum Gasteiger partial charge on any atom is 0.269 e. The summed E-state index contributed by atoms with van der Waals surface area (Å²) in [6.07, 6.45) is 7.54. The van der Waals surface area contributed by atoms with Crippen LogP contribution in [0.25, 0.3) is 11.6 Å². The van der Waals surface area contributed by atoms with Crippen molar-refractivity contribution >= 4 is 34.6 Å². The Morgan fingerprint density at radius 1 is 1.27 bits per heavy atom. The summed E-state index contributed by atoms with van der Waals surface area (Å²) < 4.78 is 4.71. The number of hydrogen-bond acceptors (Lipinski definition) is 5. The van der Waals surface area contributed by atoms with E-state index in [0.717, 1.165) is 43.6 Å². The Bertz CT molecular complexity index is 1310. The lowest BCUT2D eigenvalue weighted by Crippen LogP contribution is -2.32. The molecule has 152 valence electrons. The van der Waals surface area contributed by atoms with Crippen molar-refractivity contribution in [3.05, 3.63) is 78.7 Å². The first kappa shape index (κ1) is 20.3. The number of halogens is 1. The smallest absolute Gasteiger partial charge is 0.269 e. The van der Waals surface area contributed by atoms with E-state index in [9.17, 15) is 10.1 Å². The zero-order valence-corrected chi connectivity index (χ0v) is 17.9. The molecule has 6 nitrogen and oxygen atoms in total. The molecule has 3 aromatic rings. The van der Waals surface area contributed by atoms with Gasteiger partial charge in [-0.25, -0.2) is 0 Å². The molecule has 0 aliphatic carbocycles. The predicted octanol–water partition coefficient (Wildman–Crippen LogP) is 2.62. The fourth-order valence-electron chi connectivity index (χ4n) is 3.57. The fourth-order valence-corrected chi connectivity index (χ4v) is 4.81. The van der Waals surface area contributed by atoms with Gasteiger partial charge in [-0.15, -0.1) is 28.1 Å². The van der Waals surface area contributed by atoms with E-state index in [4.69, 9.17) is 11.6 Å². The molecule has 0 saturated heterocycles. The van der Waals surface area contributed by atoms with Crippen LogP contribution in [0.4, 0.5) is 0 Å². The van der Waals surface area contributed by atoms with Crippen LogP contribution in [0, 0.1) is 11.3 Å². The molecule has 0 spiro atoms. The largest absolute Gasteiger partial charge is 0.310 e. The number of aromatic nitrogens is 4. The summed E-state index contributed by atoms with van der Waals surface area (Å²) in [6, 6.07) is 9.55. The SMILES string of the molecule is C=CCn1c(=O)c(=Cc2ccc(Cl)cc2)s/c1=C(\C#N)c1nnc2n1CCCCC2. The van der Waals surface area contributed by atoms with E-state index >= 15 is 0 Å². The molecule has 1 aromatic carbocycles. The van der Waals surface area contributed by atoms with Gasteiger partial charge in [0.2, 0.25) is 0 Å². The summed E-state index contributed by atoms with van der Waals surface area (Å²) in [6.45, 7) is 4.86. The van der Waals surface area contributed by atoms with Crippen LogP contribution in [0.5, 0.6) is 0 Å². The summed E-state index contributed by atoms with van der Waals surface area (Å²) in [5, 5.41) is 19.3. The van der Waals surface area contributed by atoms with Crippen molar-refractivity contribution in [3.8, 4) is 6.07 Å². The third-order valence-corrected chi connectivity index (χ3v) is 6.43. The second-order valence-corrected chi connectivity index (χ2v) is 8.53. The number of fused-ring (bicyclic) bond motifs is 1.